The molecule has 1 aromatic rings. The number of carbonyl (C=O) groups excluding carboxylic acids is 1. The second-order valence-electron chi connectivity index (χ2n) is 3.09. The molecule has 1 aliphatic rings. The number of hydrogen-bond acceptors (Lipinski definition) is 6. The number of Topliss-reactive ketones (excluding diaryl/α,β-unsaturated/α-hetero) is 1. The van der Waals surface area contributed by atoms with Gasteiger partial charge in [-0.25, -0.2) is 0 Å². The van der Waals surface area contributed by atoms with Crippen molar-refractivity contribution in [2.24, 2.45) is 0 Å². The van der Waals surface area contributed by atoms with Gasteiger partial charge in [-0.3, -0.25) is 4.79 Å². The summed E-state index contributed by atoms with van der Waals surface area (Å²) >= 11 is 3.05. The molecule has 2 rings (SSSR count). The minimum atomic E-state index is 0.118. The van der Waals surface area contributed by atoms with Crippen LogP contribution < -0.4 is 5.32 Å². The SMILES string of the molecule is CNc1nnc(SC2CCCC2=O)s1. The van der Waals surface area contributed by atoms with E-state index in [4.69, 9.17) is 0 Å². The Kier molecular flexibility index (Phi) is 3.02. The van der Waals surface area contributed by atoms with Crippen LogP contribution in [-0.4, -0.2) is 28.3 Å². The number of anilines is 1. The summed E-state index contributed by atoms with van der Waals surface area (Å²) in [5, 5.41) is 11.8. The van der Waals surface area contributed by atoms with Gasteiger partial charge in [0.1, 0.15) is 5.78 Å². The van der Waals surface area contributed by atoms with Crippen LogP contribution in [0.3, 0.4) is 0 Å². The molecule has 0 aromatic carbocycles. The molecule has 0 aliphatic heterocycles. The number of rotatable bonds is 3. The van der Waals surface area contributed by atoms with Gasteiger partial charge in [-0.05, 0) is 12.8 Å². The number of aromatic nitrogens is 2. The lowest BCUT2D eigenvalue weighted by molar-refractivity contribution is -0.116. The Bertz CT molecular complexity index is 339. The minimum absolute atomic E-state index is 0.118. The van der Waals surface area contributed by atoms with E-state index in [-0.39, 0.29) is 5.25 Å². The van der Waals surface area contributed by atoms with Crippen molar-refractivity contribution in [1.82, 2.24) is 10.2 Å². The van der Waals surface area contributed by atoms with Gasteiger partial charge in [0, 0.05) is 13.5 Å². The van der Waals surface area contributed by atoms with E-state index < -0.39 is 0 Å². The zero-order valence-electron chi connectivity index (χ0n) is 7.82. The molecule has 76 valence electrons. The molecule has 14 heavy (non-hydrogen) atoms. The first kappa shape index (κ1) is 9.92. The highest BCUT2D eigenvalue weighted by atomic mass is 32.2. The molecule has 1 unspecified atom stereocenters. The van der Waals surface area contributed by atoms with Gasteiger partial charge >= 0.3 is 0 Å². The van der Waals surface area contributed by atoms with Crippen molar-refractivity contribution in [3.05, 3.63) is 0 Å². The average Bonchev–Trinajstić information content (AvgIpc) is 2.77. The Hall–Kier alpha value is -0.620. The smallest absolute Gasteiger partial charge is 0.206 e. The molecular weight excluding hydrogens is 218 g/mol. The van der Waals surface area contributed by atoms with Gasteiger partial charge in [0.05, 0.1) is 5.25 Å². The van der Waals surface area contributed by atoms with Crippen LogP contribution in [-0.2, 0) is 4.79 Å². The summed E-state index contributed by atoms with van der Waals surface area (Å²) in [6, 6.07) is 0. The highest BCUT2D eigenvalue weighted by Crippen LogP contribution is 2.34. The number of nitrogens with zero attached hydrogens (tertiary/aromatic N) is 2. The maximum Gasteiger partial charge on any atom is 0.206 e. The highest BCUT2D eigenvalue weighted by Gasteiger charge is 2.26. The van der Waals surface area contributed by atoms with E-state index >= 15 is 0 Å². The fraction of sp³-hybridized carbons (Fsp3) is 0.625. The Morgan fingerprint density at radius 3 is 3.00 bits per heavy atom. The van der Waals surface area contributed by atoms with E-state index in [1.807, 2.05) is 7.05 Å². The molecule has 0 spiro atoms. The van der Waals surface area contributed by atoms with Gasteiger partial charge in [-0.1, -0.05) is 23.1 Å². The molecule has 1 fully saturated rings. The summed E-state index contributed by atoms with van der Waals surface area (Å²) in [5.41, 5.74) is 0. The Morgan fingerprint density at radius 2 is 2.43 bits per heavy atom. The van der Waals surface area contributed by atoms with E-state index in [1.54, 1.807) is 11.8 Å². The van der Waals surface area contributed by atoms with Crippen molar-refractivity contribution in [2.45, 2.75) is 28.9 Å². The molecule has 6 heteroatoms. The topological polar surface area (TPSA) is 54.9 Å². The summed E-state index contributed by atoms with van der Waals surface area (Å²) < 4.78 is 0.884. The third kappa shape index (κ3) is 2.06. The van der Waals surface area contributed by atoms with Gasteiger partial charge in [0.15, 0.2) is 4.34 Å². The second kappa shape index (κ2) is 4.27. The van der Waals surface area contributed by atoms with Crippen molar-refractivity contribution < 1.29 is 4.79 Å². The molecule has 1 saturated carbocycles. The molecule has 1 N–H and O–H groups in total. The van der Waals surface area contributed by atoms with Crippen LogP contribution >= 0.6 is 23.1 Å². The first-order chi connectivity index (χ1) is 6.79. The summed E-state index contributed by atoms with van der Waals surface area (Å²) in [7, 11) is 1.82. The standard InChI is InChI=1S/C8H11N3OS2/c1-9-7-10-11-8(14-7)13-6-4-2-3-5(6)12/h6H,2-4H2,1H3,(H,9,10). The highest BCUT2D eigenvalue weighted by molar-refractivity contribution is 8.02. The van der Waals surface area contributed by atoms with Crippen LogP contribution in [0.2, 0.25) is 0 Å². The number of carbonyl (C=O) groups is 1. The van der Waals surface area contributed by atoms with Crippen LogP contribution in [0.1, 0.15) is 19.3 Å². The molecule has 0 radical (unpaired) electrons. The monoisotopic (exact) mass is 229 g/mol. The maximum absolute atomic E-state index is 11.4. The van der Waals surface area contributed by atoms with Crippen LogP contribution in [0, 0.1) is 0 Å². The van der Waals surface area contributed by atoms with E-state index in [0.717, 1.165) is 28.7 Å². The molecule has 4 nitrogen and oxygen atoms in total. The third-order valence-corrected chi connectivity index (χ3v) is 4.45. The Balaban J connectivity index is 1.99. The van der Waals surface area contributed by atoms with Crippen molar-refractivity contribution in [3.63, 3.8) is 0 Å². The first-order valence-electron chi connectivity index (χ1n) is 4.50. The molecule has 0 saturated heterocycles. The first-order valence-corrected chi connectivity index (χ1v) is 6.20. The lowest BCUT2D eigenvalue weighted by Gasteiger charge is -2.01. The molecule has 1 heterocycles. The predicted molar refractivity (Wildman–Crippen MR) is 58.0 cm³/mol. The summed E-state index contributed by atoms with van der Waals surface area (Å²) in [6.45, 7) is 0. The quantitative estimate of drug-likeness (QED) is 0.856. The predicted octanol–water partition coefficient (Wildman–Crippen LogP) is 1.79. The average molecular weight is 229 g/mol. The van der Waals surface area contributed by atoms with E-state index in [9.17, 15) is 4.79 Å². The number of nitrogens with one attached hydrogen (secondary N) is 1. The van der Waals surface area contributed by atoms with Crippen LogP contribution in [0.4, 0.5) is 5.13 Å². The zero-order chi connectivity index (χ0) is 9.97. The number of hydrogen-bond donors (Lipinski definition) is 1. The van der Waals surface area contributed by atoms with Gasteiger partial charge in [0.2, 0.25) is 5.13 Å². The second-order valence-corrected chi connectivity index (χ2v) is 5.52. The number of thioether (sulfide) groups is 1. The van der Waals surface area contributed by atoms with Crippen LogP contribution in [0.25, 0.3) is 0 Å². The number of ketones is 1. The van der Waals surface area contributed by atoms with E-state index in [2.05, 4.69) is 15.5 Å². The molecule has 1 aliphatic carbocycles. The summed E-state index contributed by atoms with van der Waals surface area (Å²) in [4.78, 5) is 11.4. The summed E-state index contributed by atoms with van der Waals surface area (Å²) in [5.74, 6) is 0.358. The molecular formula is C8H11N3OS2. The van der Waals surface area contributed by atoms with E-state index in [0.29, 0.717) is 5.78 Å². The summed E-state index contributed by atoms with van der Waals surface area (Å²) in [6.07, 6.45) is 2.74. The van der Waals surface area contributed by atoms with Crippen LogP contribution in [0.15, 0.2) is 4.34 Å². The van der Waals surface area contributed by atoms with Crippen LogP contribution in [0.5, 0.6) is 0 Å². The van der Waals surface area contributed by atoms with Crippen molar-refractivity contribution in [2.75, 3.05) is 12.4 Å². The lowest BCUT2D eigenvalue weighted by Crippen LogP contribution is -2.07. The van der Waals surface area contributed by atoms with E-state index in [1.165, 1.54) is 11.3 Å². The Labute approximate surface area is 90.5 Å². The largest absolute Gasteiger partial charge is 0.363 e. The zero-order valence-corrected chi connectivity index (χ0v) is 9.45. The van der Waals surface area contributed by atoms with Gasteiger partial charge in [-0.2, -0.15) is 0 Å². The van der Waals surface area contributed by atoms with Crippen molar-refractivity contribution in [1.29, 1.82) is 0 Å². The van der Waals surface area contributed by atoms with Gasteiger partial charge in [0.25, 0.3) is 0 Å². The normalized spacial score (nSPS) is 21.5. The fourth-order valence-corrected chi connectivity index (χ4v) is 3.46. The molecule has 0 bridgehead atoms. The Morgan fingerprint density at radius 1 is 1.57 bits per heavy atom. The minimum Gasteiger partial charge on any atom is -0.363 e. The lowest BCUT2D eigenvalue weighted by atomic mass is 10.3. The molecule has 1 aromatic heterocycles. The third-order valence-electron chi connectivity index (χ3n) is 2.11. The fourth-order valence-electron chi connectivity index (χ4n) is 1.39. The maximum atomic E-state index is 11.4. The molecule has 0 amide bonds. The van der Waals surface area contributed by atoms with Crippen molar-refractivity contribution >= 4 is 34.0 Å². The van der Waals surface area contributed by atoms with Gasteiger partial charge in [-0.15, -0.1) is 10.2 Å². The van der Waals surface area contributed by atoms with Crippen molar-refractivity contribution in [3.8, 4) is 0 Å². The molecule has 1 atom stereocenters. The van der Waals surface area contributed by atoms with Gasteiger partial charge < -0.3 is 5.32 Å².